The normalized spacial score (nSPS) is 29.9. The molecule has 0 bridgehead atoms. The van der Waals surface area contributed by atoms with Gasteiger partial charge in [0.25, 0.3) is 0 Å². The summed E-state index contributed by atoms with van der Waals surface area (Å²) in [5, 5.41) is 0. The topological polar surface area (TPSA) is 72.3 Å². The molecular formula is C10H18F3N3O. The number of carbonyl (C=O) groups is 1. The Hall–Kier alpha value is -0.820. The van der Waals surface area contributed by atoms with E-state index in [1.165, 1.54) is 4.90 Å². The second-order valence-electron chi connectivity index (χ2n) is 4.60. The molecule has 2 unspecified atom stereocenters. The van der Waals surface area contributed by atoms with Crippen molar-refractivity contribution in [2.45, 2.75) is 43.9 Å². The predicted octanol–water partition coefficient (Wildman–Crippen LogP) is 0.606. The van der Waals surface area contributed by atoms with E-state index in [-0.39, 0.29) is 19.0 Å². The van der Waals surface area contributed by atoms with Gasteiger partial charge in [0.15, 0.2) is 0 Å². The van der Waals surface area contributed by atoms with Gasteiger partial charge in [-0.25, -0.2) is 0 Å². The summed E-state index contributed by atoms with van der Waals surface area (Å²) in [4.78, 5) is 12.4. The molecule has 1 rings (SSSR count). The van der Waals surface area contributed by atoms with Gasteiger partial charge in [-0.1, -0.05) is 6.92 Å². The van der Waals surface area contributed by atoms with Crippen LogP contribution in [-0.2, 0) is 4.79 Å². The number of hydrogen-bond acceptors (Lipinski definition) is 3. The average molecular weight is 253 g/mol. The van der Waals surface area contributed by atoms with Crippen LogP contribution in [0.1, 0.15) is 26.2 Å². The molecule has 1 fully saturated rings. The van der Waals surface area contributed by atoms with Crippen LogP contribution in [0.2, 0.25) is 0 Å². The Morgan fingerprint density at radius 1 is 1.53 bits per heavy atom. The number of primary amides is 1. The fourth-order valence-electron chi connectivity index (χ4n) is 2.31. The first-order valence-corrected chi connectivity index (χ1v) is 5.57. The molecule has 0 aliphatic heterocycles. The minimum atomic E-state index is -4.23. The molecule has 1 saturated carbocycles. The number of nitrogens with zero attached hydrogens (tertiary/aromatic N) is 1. The zero-order valence-electron chi connectivity index (χ0n) is 9.76. The quantitative estimate of drug-likeness (QED) is 0.771. The van der Waals surface area contributed by atoms with Crippen molar-refractivity contribution in [2.75, 3.05) is 13.1 Å². The van der Waals surface area contributed by atoms with Crippen molar-refractivity contribution < 1.29 is 18.0 Å². The lowest BCUT2D eigenvalue weighted by atomic mass is 9.98. The van der Waals surface area contributed by atoms with Crippen LogP contribution < -0.4 is 11.5 Å². The highest BCUT2D eigenvalue weighted by molar-refractivity contribution is 5.84. The fraction of sp³-hybridized carbons (Fsp3) is 0.900. The maximum Gasteiger partial charge on any atom is 0.401 e. The highest BCUT2D eigenvalue weighted by Gasteiger charge is 2.44. The molecule has 4 nitrogen and oxygen atoms in total. The third-order valence-corrected chi connectivity index (χ3v) is 3.32. The number of hydrogen-bond donors (Lipinski definition) is 2. The highest BCUT2D eigenvalue weighted by atomic mass is 19.4. The molecule has 7 heteroatoms. The van der Waals surface area contributed by atoms with Crippen molar-refractivity contribution in [3.05, 3.63) is 0 Å². The lowest BCUT2D eigenvalue weighted by molar-refractivity contribution is -0.150. The van der Waals surface area contributed by atoms with E-state index in [0.717, 1.165) is 0 Å². The molecule has 4 N–H and O–H groups in total. The van der Waals surface area contributed by atoms with Crippen molar-refractivity contribution in [3.63, 3.8) is 0 Å². The van der Waals surface area contributed by atoms with E-state index >= 15 is 0 Å². The molecule has 1 amide bonds. The first-order chi connectivity index (χ1) is 7.68. The molecule has 0 aromatic carbocycles. The van der Waals surface area contributed by atoms with Gasteiger partial charge >= 0.3 is 6.18 Å². The summed E-state index contributed by atoms with van der Waals surface area (Å²) in [5.74, 6) is -0.636. The molecule has 1 aliphatic carbocycles. The van der Waals surface area contributed by atoms with Crippen molar-refractivity contribution in [1.82, 2.24) is 4.90 Å². The monoisotopic (exact) mass is 253 g/mol. The van der Waals surface area contributed by atoms with Crippen molar-refractivity contribution in [3.8, 4) is 0 Å². The van der Waals surface area contributed by atoms with Gasteiger partial charge in [0.2, 0.25) is 5.91 Å². The van der Waals surface area contributed by atoms with E-state index in [1.54, 1.807) is 6.92 Å². The minimum Gasteiger partial charge on any atom is -0.368 e. The highest BCUT2D eigenvalue weighted by Crippen LogP contribution is 2.32. The van der Waals surface area contributed by atoms with Crippen molar-refractivity contribution >= 4 is 5.91 Å². The number of carbonyl (C=O) groups excluding carboxylic acids is 1. The molecule has 17 heavy (non-hydrogen) atoms. The third kappa shape index (κ3) is 3.57. The second kappa shape index (κ2) is 4.81. The Bertz CT molecular complexity index is 295. The average Bonchev–Trinajstić information content (AvgIpc) is 2.57. The first-order valence-electron chi connectivity index (χ1n) is 5.57. The Kier molecular flexibility index (Phi) is 4.03. The zero-order valence-corrected chi connectivity index (χ0v) is 9.76. The Morgan fingerprint density at radius 3 is 2.47 bits per heavy atom. The van der Waals surface area contributed by atoms with Crippen LogP contribution in [0, 0.1) is 0 Å². The van der Waals surface area contributed by atoms with E-state index in [2.05, 4.69) is 0 Å². The molecular weight excluding hydrogens is 235 g/mol. The van der Waals surface area contributed by atoms with Crippen molar-refractivity contribution in [2.24, 2.45) is 11.5 Å². The number of rotatable bonds is 4. The summed E-state index contributed by atoms with van der Waals surface area (Å²) in [6, 6.07) is -0.320. The van der Waals surface area contributed by atoms with Crippen LogP contribution in [0.25, 0.3) is 0 Å². The summed E-state index contributed by atoms with van der Waals surface area (Å²) in [7, 11) is 0. The van der Waals surface area contributed by atoms with Gasteiger partial charge in [-0.05, 0) is 25.8 Å². The van der Waals surface area contributed by atoms with Gasteiger partial charge in [-0.3, -0.25) is 9.69 Å². The Labute approximate surface area is 98.1 Å². The van der Waals surface area contributed by atoms with E-state index < -0.39 is 24.2 Å². The largest absolute Gasteiger partial charge is 0.401 e. The lowest BCUT2D eigenvalue weighted by Gasteiger charge is -2.29. The molecule has 0 aromatic rings. The van der Waals surface area contributed by atoms with E-state index in [4.69, 9.17) is 11.5 Å². The summed E-state index contributed by atoms with van der Waals surface area (Å²) < 4.78 is 37.0. The fourth-order valence-corrected chi connectivity index (χ4v) is 2.31. The third-order valence-electron chi connectivity index (χ3n) is 3.32. The Morgan fingerprint density at radius 2 is 2.12 bits per heavy atom. The van der Waals surface area contributed by atoms with E-state index in [1.807, 2.05) is 0 Å². The lowest BCUT2D eigenvalue weighted by Crippen LogP contribution is -2.51. The van der Waals surface area contributed by atoms with Crippen LogP contribution in [0.4, 0.5) is 13.2 Å². The van der Waals surface area contributed by atoms with Crippen molar-refractivity contribution in [1.29, 1.82) is 0 Å². The summed E-state index contributed by atoms with van der Waals surface area (Å²) in [5.41, 5.74) is 9.78. The molecule has 1 aliphatic rings. The summed E-state index contributed by atoms with van der Waals surface area (Å²) >= 11 is 0. The van der Waals surface area contributed by atoms with Crippen LogP contribution in [-0.4, -0.2) is 41.7 Å². The number of amides is 1. The van der Waals surface area contributed by atoms with Gasteiger partial charge < -0.3 is 11.5 Å². The maximum atomic E-state index is 12.3. The number of alkyl halides is 3. The maximum absolute atomic E-state index is 12.3. The van der Waals surface area contributed by atoms with Gasteiger partial charge in [-0.15, -0.1) is 0 Å². The summed E-state index contributed by atoms with van der Waals surface area (Å²) in [6.07, 6.45) is -3.21. The SMILES string of the molecule is CCN(CC(F)(F)F)C1CCC(N)(C(N)=O)C1. The molecule has 2 atom stereocenters. The first kappa shape index (κ1) is 14.2. The Balaban J connectivity index is 2.65. The van der Waals surface area contributed by atoms with Gasteiger partial charge in [0, 0.05) is 6.04 Å². The molecule has 0 saturated heterocycles. The van der Waals surface area contributed by atoms with Crippen LogP contribution >= 0.6 is 0 Å². The standard InChI is InChI=1S/C10H18F3N3O/c1-2-16(6-10(11,12)13)7-3-4-9(15,5-7)8(14)17/h7H,2-6,15H2,1H3,(H2,14,17). The zero-order chi connectivity index (χ0) is 13.3. The molecule has 0 heterocycles. The van der Waals surface area contributed by atoms with Gasteiger partial charge in [-0.2, -0.15) is 13.2 Å². The number of nitrogens with two attached hydrogens (primary N) is 2. The smallest absolute Gasteiger partial charge is 0.368 e. The predicted molar refractivity (Wildman–Crippen MR) is 57.1 cm³/mol. The van der Waals surface area contributed by atoms with E-state index in [0.29, 0.717) is 12.8 Å². The molecule has 0 radical (unpaired) electrons. The van der Waals surface area contributed by atoms with Gasteiger partial charge in [0.05, 0.1) is 12.1 Å². The van der Waals surface area contributed by atoms with Crippen LogP contribution in [0.15, 0.2) is 0 Å². The molecule has 0 spiro atoms. The molecule has 0 aromatic heterocycles. The summed E-state index contributed by atoms with van der Waals surface area (Å²) in [6.45, 7) is 0.967. The number of halogens is 3. The second-order valence-corrected chi connectivity index (χ2v) is 4.60. The van der Waals surface area contributed by atoms with Crippen LogP contribution in [0.3, 0.4) is 0 Å². The van der Waals surface area contributed by atoms with Gasteiger partial charge in [0.1, 0.15) is 0 Å². The van der Waals surface area contributed by atoms with Crippen LogP contribution in [0.5, 0.6) is 0 Å². The minimum absolute atomic E-state index is 0.201. The van der Waals surface area contributed by atoms with E-state index in [9.17, 15) is 18.0 Å². The molecule has 100 valence electrons.